The SMILES string of the molecule is CC/C=C\C/C=C\C/C=C\C/C=C\C/C=C\C/C=C\CCCCCCCCCCCCCCCCCCC(=O)OCC(O)COP(=O)(O)OCC(O)COP(=O)(O)OCC(COC(=O)CCCCCCCCCCCCCCCCCC/C=C\C/C=C\C/C=C\C/C=C\C/C=C\C/C=C\CC)OC(=O)CCCCCCC/C=C\C/C=C\CCC. The van der Waals surface area contributed by atoms with Crippen LogP contribution in [0.25, 0.3) is 0 Å². The minimum Gasteiger partial charge on any atom is -0.463 e. The van der Waals surface area contributed by atoms with Gasteiger partial charge in [0.2, 0.25) is 0 Å². The summed E-state index contributed by atoms with van der Waals surface area (Å²) in [4.78, 5) is 58.9. The minimum absolute atomic E-state index is 0.0871. The molecule has 0 aromatic heterocycles. The molecule has 0 aliphatic rings. The van der Waals surface area contributed by atoms with Crippen molar-refractivity contribution < 1.29 is 75.8 Å². The van der Waals surface area contributed by atoms with Crippen LogP contribution in [0.3, 0.4) is 0 Å². The van der Waals surface area contributed by atoms with Crippen LogP contribution in [0, 0.1) is 0 Å². The molecule has 0 radical (unpaired) electrons. The second-order valence-electron chi connectivity index (χ2n) is 31.4. The molecular weight excluding hydrogens is 1530 g/mol. The Morgan fingerprint density at radius 3 is 0.706 bits per heavy atom. The van der Waals surface area contributed by atoms with Crippen LogP contribution in [0.4, 0.5) is 0 Å². The van der Waals surface area contributed by atoms with E-state index in [2.05, 4.69) is 191 Å². The van der Waals surface area contributed by atoms with Crippen molar-refractivity contribution in [1.29, 1.82) is 0 Å². The van der Waals surface area contributed by atoms with Crippen molar-refractivity contribution in [1.82, 2.24) is 0 Å². The van der Waals surface area contributed by atoms with E-state index in [4.69, 9.17) is 32.3 Å². The number of esters is 3. The van der Waals surface area contributed by atoms with Crippen LogP contribution in [-0.2, 0) is 55.8 Å². The molecule has 5 atom stereocenters. The fourth-order valence-electron chi connectivity index (χ4n) is 12.8. The Bertz CT molecular complexity index is 2840. The first-order valence-electron chi connectivity index (χ1n) is 47.4. The van der Waals surface area contributed by atoms with Crippen molar-refractivity contribution in [2.45, 2.75) is 411 Å². The molecule has 0 rings (SSSR count). The van der Waals surface area contributed by atoms with E-state index in [9.17, 15) is 43.5 Å². The normalized spacial score (nSPS) is 14.5. The zero-order chi connectivity index (χ0) is 86.5. The van der Waals surface area contributed by atoms with E-state index in [-0.39, 0.29) is 19.3 Å². The van der Waals surface area contributed by atoms with Gasteiger partial charge in [-0.1, -0.05) is 396 Å². The number of rotatable bonds is 89. The van der Waals surface area contributed by atoms with Crippen LogP contribution in [0.1, 0.15) is 393 Å². The monoisotopic (exact) mass is 1700 g/mol. The number of unbranched alkanes of at least 4 members (excludes halogenated alkanes) is 38. The number of allylic oxidation sites excluding steroid dienone is 28. The largest absolute Gasteiger partial charge is 0.472 e. The molecule has 0 heterocycles. The Morgan fingerprint density at radius 2 is 0.445 bits per heavy atom. The highest BCUT2D eigenvalue weighted by Gasteiger charge is 2.30. The maximum absolute atomic E-state index is 13.0. The predicted molar refractivity (Wildman–Crippen MR) is 500 cm³/mol. The van der Waals surface area contributed by atoms with Gasteiger partial charge in [-0.05, 0) is 148 Å². The summed E-state index contributed by atoms with van der Waals surface area (Å²) < 4.78 is 61.4. The van der Waals surface area contributed by atoms with Gasteiger partial charge in [0.1, 0.15) is 25.4 Å². The highest BCUT2D eigenvalue weighted by molar-refractivity contribution is 7.47. The predicted octanol–water partition coefficient (Wildman–Crippen LogP) is 29.4. The smallest absolute Gasteiger partial charge is 0.463 e. The molecule has 0 aliphatic carbocycles. The number of aliphatic hydroxyl groups is 2. The van der Waals surface area contributed by atoms with Gasteiger partial charge in [-0.3, -0.25) is 32.5 Å². The van der Waals surface area contributed by atoms with E-state index in [1.807, 2.05) is 0 Å². The third-order valence-electron chi connectivity index (χ3n) is 19.9. The third-order valence-corrected chi connectivity index (χ3v) is 21.8. The molecule has 0 aromatic carbocycles. The van der Waals surface area contributed by atoms with Gasteiger partial charge in [0, 0.05) is 19.3 Å². The van der Waals surface area contributed by atoms with E-state index < -0.39 is 91.5 Å². The van der Waals surface area contributed by atoms with Crippen molar-refractivity contribution in [2.75, 3.05) is 39.6 Å². The first-order valence-corrected chi connectivity index (χ1v) is 50.4. The number of carbonyl (C=O) groups is 3. The standard InChI is InChI=1S/C101H172O16P2/c1-4-7-10-13-16-19-22-25-27-29-31-33-35-37-39-41-43-45-47-49-51-53-55-57-59-61-63-65-67-70-72-75-78-81-84-87-99(104)111-90-96(102)91-113-118(107,108)114-92-97(103)93-115-119(109,110)116-95-98(117-101(106)89-86-83-80-77-74-69-24-21-18-15-12-9-6-3)94-112-100(105)88-85-82-79-76-73-71-68-66-64-62-60-58-56-54-52-50-48-46-44-42-40-38-36-34-32-30-28-26-23-20-17-14-11-8-5-2/h7-8,10-12,15-17,19-21,24-28,31-34,37-40,43-46,96-98,102-103H,4-6,9,13-14,18,22-23,29-30,35-36,41-42,47-95H2,1-3H3,(H,107,108)(H,109,110)/b10-7-,11-8-,15-12-,19-16-,20-17-,24-21-,27-25-,28-26-,33-31-,34-32-,39-37-,40-38-,45-43-,46-44-. The molecule has 0 bridgehead atoms. The molecule has 0 aromatic rings. The van der Waals surface area contributed by atoms with Gasteiger partial charge in [0.05, 0.1) is 26.4 Å². The average molecular weight is 1700 g/mol. The fourth-order valence-corrected chi connectivity index (χ4v) is 14.4. The molecule has 18 heteroatoms. The van der Waals surface area contributed by atoms with E-state index in [0.717, 1.165) is 167 Å². The second kappa shape index (κ2) is 92.1. The van der Waals surface area contributed by atoms with Crippen molar-refractivity contribution in [3.8, 4) is 0 Å². The molecule has 4 N–H and O–H groups in total. The molecule has 0 spiro atoms. The van der Waals surface area contributed by atoms with E-state index >= 15 is 0 Å². The van der Waals surface area contributed by atoms with Gasteiger partial charge in [0.25, 0.3) is 0 Å². The maximum Gasteiger partial charge on any atom is 0.472 e. The van der Waals surface area contributed by atoms with Gasteiger partial charge in [-0.25, -0.2) is 9.13 Å². The van der Waals surface area contributed by atoms with Gasteiger partial charge < -0.3 is 34.2 Å². The van der Waals surface area contributed by atoms with Gasteiger partial charge >= 0.3 is 33.6 Å². The van der Waals surface area contributed by atoms with Crippen LogP contribution in [0.15, 0.2) is 170 Å². The van der Waals surface area contributed by atoms with Crippen molar-refractivity contribution in [3.63, 3.8) is 0 Å². The lowest BCUT2D eigenvalue weighted by Gasteiger charge is -2.21. The number of phosphoric ester groups is 2. The van der Waals surface area contributed by atoms with Crippen LogP contribution in [0.5, 0.6) is 0 Å². The fraction of sp³-hybridized carbons (Fsp3) is 0.693. The summed E-state index contributed by atoms with van der Waals surface area (Å²) in [7, 11) is -9.80. The molecule has 119 heavy (non-hydrogen) atoms. The minimum atomic E-state index is -4.94. The molecular formula is C101H172O16P2. The van der Waals surface area contributed by atoms with Crippen molar-refractivity contribution in [3.05, 3.63) is 170 Å². The zero-order valence-corrected chi connectivity index (χ0v) is 77.0. The summed E-state index contributed by atoms with van der Waals surface area (Å²) in [6, 6.07) is 0. The topological polar surface area (TPSA) is 231 Å². The Labute approximate surface area is 726 Å². The number of ether oxygens (including phenoxy) is 3. The number of hydrogen-bond acceptors (Lipinski definition) is 14. The molecule has 682 valence electrons. The lowest BCUT2D eigenvalue weighted by molar-refractivity contribution is -0.161. The quantitative estimate of drug-likeness (QED) is 0.0146. The first kappa shape index (κ1) is 114. The van der Waals surface area contributed by atoms with E-state index in [0.29, 0.717) is 19.3 Å². The summed E-state index contributed by atoms with van der Waals surface area (Å²) in [6.45, 7) is 2.41. The Hall–Kier alpha value is -5.09. The number of phosphoric acid groups is 2. The van der Waals surface area contributed by atoms with Crippen LogP contribution in [0.2, 0.25) is 0 Å². The highest BCUT2D eigenvalue weighted by atomic mass is 31.2. The third kappa shape index (κ3) is 93.5. The van der Waals surface area contributed by atoms with Crippen molar-refractivity contribution in [2.24, 2.45) is 0 Å². The van der Waals surface area contributed by atoms with Gasteiger partial charge in [-0.15, -0.1) is 0 Å². The van der Waals surface area contributed by atoms with Crippen molar-refractivity contribution >= 4 is 33.6 Å². The van der Waals surface area contributed by atoms with E-state index in [1.165, 1.54) is 167 Å². The molecule has 0 amide bonds. The summed E-state index contributed by atoms with van der Waals surface area (Å²) >= 11 is 0. The highest BCUT2D eigenvalue weighted by Crippen LogP contribution is 2.45. The lowest BCUT2D eigenvalue weighted by atomic mass is 10.0. The molecule has 0 saturated heterocycles. The summed E-state index contributed by atoms with van der Waals surface area (Å²) in [5, 5.41) is 20.7. The maximum atomic E-state index is 13.0. The summed E-state index contributed by atoms with van der Waals surface area (Å²) in [6.07, 6.45) is 120. The number of hydrogen-bond donors (Lipinski definition) is 4. The van der Waals surface area contributed by atoms with E-state index in [1.54, 1.807) is 0 Å². The molecule has 0 fully saturated rings. The zero-order valence-electron chi connectivity index (χ0n) is 75.2. The Kier molecular flexibility index (Phi) is 88.2. The molecule has 16 nitrogen and oxygen atoms in total. The Balaban J connectivity index is 4.37. The molecule has 0 saturated carbocycles. The number of aliphatic hydroxyl groups excluding tert-OH is 2. The average Bonchev–Trinajstić information content (AvgIpc) is 0.893. The van der Waals surface area contributed by atoms with Crippen LogP contribution in [-0.4, -0.2) is 95.9 Å². The first-order chi connectivity index (χ1) is 58.2. The van der Waals surface area contributed by atoms with Crippen LogP contribution >= 0.6 is 15.6 Å². The van der Waals surface area contributed by atoms with Gasteiger partial charge in [0.15, 0.2) is 6.10 Å². The summed E-state index contributed by atoms with van der Waals surface area (Å²) in [5.41, 5.74) is 0. The lowest BCUT2D eigenvalue weighted by Crippen LogP contribution is -2.30. The van der Waals surface area contributed by atoms with Gasteiger partial charge in [-0.2, -0.15) is 0 Å². The number of carbonyl (C=O) groups excluding carboxylic acids is 3. The molecule has 5 unspecified atom stereocenters. The van der Waals surface area contributed by atoms with Crippen LogP contribution < -0.4 is 0 Å². The second-order valence-corrected chi connectivity index (χ2v) is 34.3. The Morgan fingerprint density at radius 1 is 0.244 bits per heavy atom. The molecule has 0 aliphatic heterocycles. The summed E-state index contributed by atoms with van der Waals surface area (Å²) in [5.74, 6) is -1.58.